The second-order valence-electron chi connectivity index (χ2n) is 3.55. The fraction of sp³-hybridized carbons (Fsp3) is 0.417. The highest BCUT2D eigenvalue weighted by molar-refractivity contribution is 5.99. The molecule has 0 aliphatic carbocycles. The van der Waals surface area contributed by atoms with E-state index in [1.807, 2.05) is 45.3 Å². The van der Waals surface area contributed by atoms with Gasteiger partial charge in [-0.15, -0.1) is 0 Å². The summed E-state index contributed by atoms with van der Waals surface area (Å²) in [4.78, 5) is 11.4. The number of benzene rings is 1. The molecule has 0 saturated heterocycles. The number of fused-ring (bicyclic) bond motifs is 1. The number of nitrogens with one attached hydrogen (secondary N) is 1. The Balaban J connectivity index is 0.000000337. The van der Waals surface area contributed by atoms with Crippen molar-refractivity contribution in [2.24, 2.45) is 0 Å². The lowest BCUT2D eigenvalue weighted by Gasteiger charge is -2.21. The SMILES string of the molecule is CC1CC(=O)c2ccccc2O1.CNC. The maximum absolute atomic E-state index is 11.4. The van der Waals surface area contributed by atoms with E-state index >= 15 is 0 Å². The van der Waals surface area contributed by atoms with Gasteiger partial charge in [0.05, 0.1) is 5.56 Å². The van der Waals surface area contributed by atoms with Gasteiger partial charge >= 0.3 is 0 Å². The normalized spacial score (nSPS) is 18.3. The van der Waals surface area contributed by atoms with Crippen molar-refractivity contribution in [2.75, 3.05) is 14.1 Å². The number of rotatable bonds is 0. The summed E-state index contributed by atoms with van der Waals surface area (Å²) in [7, 11) is 3.75. The molecule has 15 heavy (non-hydrogen) atoms. The van der Waals surface area contributed by atoms with Crippen LogP contribution in [0.15, 0.2) is 24.3 Å². The van der Waals surface area contributed by atoms with Crippen molar-refractivity contribution in [1.29, 1.82) is 0 Å². The van der Waals surface area contributed by atoms with Crippen molar-refractivity contribution < 1.29 is 9.53 Å². The van der Waals surface area contributed by atoms with Gasteiger partial charge in [0.15, 0.2) is 5.78 Å². The van der Waals surface area contributed by atoms with Crippen molar-refractivity contribution in [3.05, 3.63) is 29.8 Å². The molecule has 3 nitrogen and oxygen atoms in total. The molecule has 2 rings (SSSR count). The van der Waals surface area contributed by atoms with E-state index in [-0.39, 0.29) is 11.9 Å². The highest BCUT2D eigenvalue weighted by Crippen LogP contribution is 2.26. The number of carbonyl (C=O) groups is 1. The lowest BCUT2D eigenvalue weighted by molar-refractivity contribution is 0.0871. The third-order valence-electron chi connectivity index (χ3n) is 1.99. The summed E-state index contributed by atoms with van der Waals surface area (Å²) >= 11 is 0. The Kier molecular flexibility index (Phi) is 4.31. The minimum atomic E-state index is 0.0207. The Hall–Kier alpha value is -1.35. The third-order valence-corrected chi connectivity index (χ3v) is 1.99. The van der Waals surface area contributed by atoms with Gasteiger partial charge in [0.1, 0.15) is 11.9 Å². The minimum absolute atomic E-state index is 0.0207. The van der Waals surface area contributed by atoms with Crippen molar-refractivity contribution in [3.8, 4) is 5.75 Å². The van der Waals surface area contributed by atoms with Crippen LogP contribution in [0.3, 0.4) is 0 Å². The van der Waals surface area contributed by atoms with Crippen LogP contribution in [0.1, 0.15) is 23.7 Å². The van der Waals surface area contributed by atoms with E-state index in [1.54, 1.807) is 0 Å². The molecule has 1 aliphatic heterocycles. The molecule has 1 aliphatic rings. The number of hydrogen-bond donors (Lipinski definition) is 1. The second kappa shape index (κ2) is 5.51. The molecule has 0 radical (unpaired) electrons. The van der Waals surface area contributed by atoms with Gasteiger partial charge in [0.25, 0.3) is 0 Å². The Morgan fingerprint density at radius 2 is 1.93 bits per heavy atom. The number of carbonyl (C=O) groups excluding carboxylic acids is 1. The number of Topliss-reactive ketones (excluding diaryl/α,β-unsaturated/α-hetero) is 1. The zero-order valence-electron chi connectivity index (χ0n) is 9.41. The summed E-state index contributed by atoms with van der Waals surface area (Å²) in [6, 6.07) is 7.38. The van der Waals surface area contributed by atoms with E-state index in [2.05, 4.69) is 5.32 Å². The molecule has 0 amide bonds. The maximum Gasteiger partial charge on any atom is 0.170 e. The van der Waals surface area contributed by atoms with Crippen LogP contribution in [0.4, 0.5) is 0 Å². The van der Waals surface area contributed by atoms with Crippen LogP contribution in [0.5, 0.6) is 5.75 Å². The van der Waals surface area contributed by atoms with E-state index in [1.165, 1.54) is 0 Å². The topological polar surface area (TPSA) is 38.3 Å². The zero-order valence-corrected chi connectivity index (χ0v) is 9.41. The molecule has 0 bridgehead atoms. The minimum Gasteiger partial charge on any atom is -0.489 e. The van der Waals surface area contributed by atoms with Gasteiger partial charge in [-0.25, -0.2) is 0 Å². The number of hydrogen-bond acceptors (Lipinski definition) is 3. The zero-order chi connectivity index (χ0) is 11.3. The number of para-hydroxylation sites is 1. The van der Waals surface area contributed by atoms with E-state index in [0.29, 0.717) is 6.42 Å². The molecule has 3 heteroatoms. The highest BCUT2D eigenvalue weighted by atomic mass is 16.5. The lowest BCUT2D eigenvalue weighted by Crippen LogP contribution is -2.23. The fourth-order valence-electron chi connectivity index (χ4n) is 1.43. The molecule has 82 valence electrons. The number of ether oxygens (including phenoxy) is 1. The van der Waals surface area contributed by atoms with Crippen LogP contribution in [0, 0.1) is 0 Å². The van der Waals surface area contributed by atoms with Gasteiger partial charge in [-0.3, -0.25) is 4.79 Å². The van der Waals surface area contributed by atoms with Crippen molar-refractivity contribution in [3.63, 3.8) is 0 Å². The van der Waals surface area contributed by atoms with Crippen LogP contribution in [0.2, 0.25) is 0 Å². The summed E-state index contributed by atoms with van der Waals surface area (Å²) in [5.74, 6) is 0.908. The Morgan fingerprint density at radius 3 is 2.60 bits per heavy atom. The van der Waals surface area contributed by atoms with Gasteiger partial charge in [0, 0.05) is 6.42 Å². The van der Waals surface area contributed by atoms with Gasteiger partial charge in [0.2, 0.25) is 0 Å². The molecule has 0 spiro atoms. The summed E-state index contributed by atoms with van der Waals surface area (Å²) in [6.45, 7) is 1.91. The molecule has 0 saturated carbocycles. The van der Waals surface area contributed by atoms with E-state index < -0.39 is 0 Å². The number of ketones is 1. The van der Waals surface area contributed by atoms with Gasteiger partial charge in [-0.05, 0) is 33.2 Å². The lowest BCUT2D eigenvalue weighted by atomic mass is 10.0. The average Bonchev–Trinajstić information content (AvgIpc) is 2.18. The molecule has 0 aromatic heterocycles. The first-order valence-electron chi connectivity index (χ1n) is 5.06. The maximum atomic E-state index is 11.4. The quantitative estimate of drug-likeness (QED) is 0.706. The van der Waals surface area contributed by atoms with Crippen molar-refractivity contribution in [1.82, 2.24) is 5.32 Å². The molecular weight excluding hydrogens is 190 g/mol. The Morgan fingerprint density at radius 1 is 1.33 bits per heavy atom. The highest BCUT2D eigenvalue weighted by Gasteiger charge is 2.22. The first kappa shape index (κ1) is 11.7. The van der Waals surface area contributed by atoms with Crippen molar-refractivity contribution in [2.45, 2.75) is 19.4 Å². The van der Waals surface area contributed by atoms with E-state index in [0.717, 1.165) is 11.3 Å². The third kappa shape index (κ3) is 3.06. The monoisotopic (exact) mass is 207 g/mol. The molecule has 1 atom stereocenters. The standard InChI is InChI=1S/C10H10O2.C2H7N/c1-7-6-9(11)8-4-2-3-5-10(8)12-7;1-3-2/h2-5,7H,6H2,1H3;3H,1-2H3. The first-order valence-corrected chi connectivity index (χ1v) is 5.06. The first-order chi connectivity index (χ1) is 7.19. The molecule has 1 aromatic carbocycles. The summed E-state index contributed by atoms with van der Waals surface area (Å²) in [6.07, 6.45) is 0.518. The van der Waals surface area contributed by atoms with Crippen LogP contribution >= 0.6 is 0 Å². The molecule has 1 aromatic rings. The fourth-order valence-corrected chi connectivity index (χ4v) is 1.43. The van der Waals surface area contributed by atoms with Crippen LogP contribution in [0.25, 0.3) is 0 Å². The summed E-state index contributed by atoms with van der Waals surface area (Å²) in [5, 5.41) is 2.75. The predicted octanol–water partition coefficient (Wildman–Crippen LogP) is 1.88. The molecular formula is C12H17NO2. The van der Waals surface area contributed by atoms with Gasteiger partial charge < -0.3 is 10.1 Å². The predicted molar refractivity (Wildman–Crippen MR) is 60.5 cm³/mol. The van der Waals surface area contributed by atoms with E-state index in [4.69, 9.17) is 4.74 Å². The smallest absolute Gasteiger partial charge is 0.170 e. The van der Waals surface area contributed by atoms with E-state index in [9.17, 15) is 4.79 Å². The average molecular weight is 207 g/mol. The molecule has 1 N–H and O–H groups in total. The van der Waals surface area contributed by atoms with Gasteiger partial charge in [-0.1, -0.05) is 12.1 Å². The Bertz CT molecular complexity index is 336. The summed E-state index contributed by atoms with van der Waals surface area (Å²) < 4.78 is 5.48. The van der Waals surface area contributed by atoms with Crippen LogP contribution in [-0.2, 0) is 0 Å². The molecule has 1 unspecified atom stereocenters. The molecule has 1 heterocycles. The van der Waals surface area contributed by atoms with Crippen LogP contribution < -0.4 is 10.1 Å². The second-order valence-corrected chi connectivity index (χ2v) is 3.55. The molecule has 0 fully saturated rings. The summed E-state index contributed by atoms with van der Waals surface area (Å²) in [5.41, 5.74) is 0.718. The van der Waals surface area contributed by atoms with Crippen LogP contribution in [-0.4, -0.2) is 26.0 Å². The largest absolute Gasteiger partial charge is 0.489 e. The Labute approximate surface area is 90.4 Å². The van der Waals surface area contributed by atoms with Gasteiger partial charge in [-0.2, -0.15) is 0 Å². The van der Waals surface area contributed by atoms with Crippen molar-refractivity contribution >= 4 is 5.78 Å².